The van der Waals surface area contributed by atoms with Crippen LogP contribution in [-0.2, 0) is 0 Å². The summed E-state index contributed by atoms with van der Waals surface area (Å²) in [6.07, 6.45) is 0. The van der Waals surface area contributed by atoms with Crippen molar-refractivity contribution in [2.75, 3.05) is 12.4 Å². The number of benzene rings is 2. The number of methoxy groups -OCH3 is 1. The van der Waals surface area contributed by atoms with Crippen LogP contribution in [0.3, 0.4) is 0 Å². The van der Waals surface area contributed by atoms with Gasteiger partial charge in [0, 0.05) is 11.8 Å². The zero-order valence-electron chi connectivity index (χ0n) is 13.7. The van der Waals surface area contributed by atoms with Crippen molar-refractivity contribution in [3.8, 4) is 5.75 Å². The number of aryl methyl sites for hydroxylation is 2. The molecule has 0 saturated carbocycles. The number of hydrogen-bond donors (Lipinski definition) is 1. The predicted octanol–water partition coefficient (Wildman–Crippen LogP) is 3.67. The van der Waals surface area contributed by atoms with Gasteiger partial charge in [-0.1, -0.05) is 6.07 Å². The third kappa shape index (κ3) is 3.01. The van der Waals surface area contributed by atoms with Gasteiger partial charge in [-0.05, 0) is 55.3 Å². The molecule has 1 N–H and O–H groups in total. The Bertz CT molecular complexity index is 988. The molecule has 5 heteroatoms. The van der Waals surface area contributed by atoms with Crippen LogP contribution in [0.1, 0.15) is 21.7 Å². The molecule has 0 saturated heterocycles. The number of carbonyl (C=O) groups excluding carboxylic acids is 1. The maximum Gasteiger partial charge on any atom is 0.291 e. The normalized spacial score (nSPS) is 10.6. The SMILES string of the molecule is COc1ccc2oc(C(=O)Nc3ccc(C)c(C)c3)cc(=O)c2c1. The summed E-state index contributed by atoms with van der Waals surface area (Å²) in [4.78, 5) is 24.6. The van der Waals surface area contributed by atoms with Gasteiger partial charge in [0.15, 0.2) is 11.2 Å². The maximum absolute atomic E-state index is 12.4. The lowest BCUT2D eigenvalue weighted by Gasteiger charge is -2.08. The predicted molar refractivity (Wildman–Crippen MR) is 92.9 cm³/mol. The van der Waals surface area contributed by atoms with Crippen molar-refractivity contribution in [3.05, 3.63) is 69.6 Å². The van der Waals surface area contributed by atoms with E-state index >= 15 is 0 Å². The molecular formula is C19H17NO4. The molecule has 1 aromatic heterocycles. The Kier molecular flexibility index (Phi) is 4.08. The van der Waals surface area contributed by atoms with Gasteiger partial charge in [-0.2, -0.15) is 0 Å². The highest BCUT2D eigenvalue weighted by Crippen LogP contribution is 2.20. The lowest BCUT2D eigenvalue weighted by molar-refractivity contribution is 0.0997. The van der Waals surface area contributed by atoms with E-state index < -0.39 is 5.91 Å². The second-order valence-electron chi connectivity index (χ2n) is 5.59. The average molecular weight is 323 g/mol. The van der Waals surface area contributed by atoms with Crippen molar-refractivity contribution in [1.29, 1.82) is 0 Å². The summed E-state index contributed by atoms with van der Waals surface area (Å²) in [7, 11) is 1.52. The highest BCUT2D eigenvalue weighted by Gasteiger charge is 2.13. The summed E-state index contributed by atoms with van der Waals surface area (Å²) < 4.78 is 10.7. The molecule has 5 nitrogen and oxygen atoms in total. The molecule has 3 rings (SSSR count). The largest absolute Gasteiger partial charge is 0.497 e. The summed E-state index contributed by atoms with van der Waals surface area (Å²) in [6.45, 7) is 3.96. The van der Waals surface area contributed by atoms with Crippen molar-refractivity contribution in [3.63, 3.8) is 0 Å². The third-order valence-corrected chi connectivity index (χ3v) is 3.92. The lowest BCUT2D eigenvalue weighted by Crippen LogP contribution is -2.15. The summed E-state index contributed by atoms with van der Waals surface area (Å²) in [6, 6.07) is 11.7. The van der Waals surface area contributed by atoms with Crippen molar-refractivity contribution in [2.24, 2.45) is 0 Å². The van der Waals surface area contributed by atoms with Crippen LogP contribution in [0.25, 0.3) is 11.0 Å². The fourth-order valence-corrected chi connectivity index (χ4v) is 2.39. The number of hydrogen-bond acceptors (Lipinski definition) is 4. The molecule has 0 radical (unpaired) electrons. The number of fused-ring (bicyclic) bond motifs is 1. The Morgan fingerprint density at radius 2 is 1.83 bits per heavy atom. The molecule has 0 spiro atoms. The van der Waals surface area contributed by atoms with E-state index in [2.05, 4.69) is 5.32 Å². The van der Waals surface area contributed by atoms with Crippen LogP contribution in [0.5, 0.6) is 5.75 Å². The van der Waals surface area contributed by atoms with E-state index in [1.165, 1.54) is 13.2 Å². The Balaban J connectivity index is 1.95. The van der Waals surface area contributed by atoms with Crippen LogP contribution in [0.2, 0.25) is 0 Å². The maximum atomic E-state index is 12.4. The zero-order valence-corrected chi connectivity index (χ0v) is 13.7. The van der Waals surface area contributed by atoms with Crippen molar-refractivity contribution in [2.45, 2.75) is 13.8 Å². The Hall–Kier alpha value is -3.08. The van der Waals surface area contributed by atoms with Gasteiger partial charge >= 0.3 is 0 Å². The Morgan fingerprint density at radius 1 is 1.04 bits per heavy atom. The van der Waals surface area contributed by atoms with E-state index in [1.54, 1.807) is 18.2 Å². The molecule has 0 fully saturated rings. The van der Waals surface area contributed by atoms with E-state index in [1.807, 2.05) is 32.0 Å². The van der Waals surface area contributed by atoms with E-state index in [0.29, 0.717) is 22.4 Å². The molecular weight excluding hydrogens is 306 g/mol. The van der Waals surface area contributed by atoms with Gasteiger partial charge in [0.05, 0.1) is 12.5 Å². The van der Waals surface area contributed by atoms with E-state index in [-0.39, 0.29) is 11.2 Å². The van der Waals surface area contributed by atoms with Gasteiger partial charge in [-0.15, -0.1) is 0 Å². The van der Waals surface area contributed by atoms with E-state index in [9.17, 15) is 9.59 Å². The van der Waals surface area contributed by atoms with Crippen LogP contribution in [0, 0.1) is 13.8 Å². The topological polar surface area (TPSA) is 68.5 Å². The third-order valence-electron chi connectivity index (χ3n) is 3.92. The van der Waals surface area contributed by atoms with Gasteiger partial charge < -0.3 is 14.5 Å². The summed E-state index contributed by atoms with van der Waals surface area (Å²) in [5.74, 6) is 0.0612. The minimum absolute atomic E-state index is 0.0316. The van der Waals surface area contributed by atoms with E-state index in [4.69, 9.17) is 9.15 Å². The highest BCUT2D eigenvalue weighted by atomic mass is 16.5. The molecule has 3 aromatic rings. The Morgan fingerprint density at radius 3 is 2.54 bits per heavy atom. The van der Waals surface area contributed by atoms with Gasteiger partial charge in [-0.3, -0.25) is 9.59 Å². The van der Waals surface area contributed by atoms with Crippen LogP contribution in [0.15, 0.2) is 51.7 Å². The number of amides is 1. The molecule has 24 heavy (non-hydrogen) atoms. The zero-order chi connectivity index (χ0) is 17.3. The summed E-state index contributed by atoms with van der Waals surface area (Å²) >= 11 is 0. The quantitative estimate of drug-likeness (QED) is 0.798. The first-order chi connectivity index (χ1) is 11.5. The molecule has 122 valence electrons. The highest BCUT2D eigenvalue weighted by molar-refractivity contribution is 6.03. The minimum atomic E-state index is -0.465. The monoisotopic (exact) mass is 323 g/mol. The van der Waals surface area contributed by atoms with E-state index in [0.717, 1.165) is 11.1 Å². The second-order valence-corrected chi connectivity index (χ2v) is 5.59. The summed E-state index contributed by atoms with van der Waals surface area (Å²) in [5.41, 5.74) is 2.91. The van der Waals surface area contributed by atoms with Crippen LogP contribution >= 0.6 is 0 Å². The fourth-order valence-electron chi connectivity index (χ4n) is 2.39. The fraction of sp³-hybridized carbons (Fsp3) is 0.158. The standard InChI is InChI=1S/C19H17NO4/c1-11-4-5-13(8-12(11)2)20-19(22)18-10-16(21)15-9-14(23-3)6-7-17(15)24-18/h4-10H,1-3H3,(H,20,22). The second kappa shape index (κ2) is 6.20. The number of rotatable bonds is 3. The van der Waals surface area contributed by atoms with Gasteiger partial charge in [0.25, 0.3) is 5.91 Å². The van der Waals surface area contributed by atoms with Crippen LogP contribution in [-0.4, -0.2) is 13.0 Å². The Labute approximate surface area is 138 Å². The lowest BCUT2D eigenvalue weighted by atomic mass is 10.1. The van der Waals surface area contributed by atoms with Crippen LogP contribution in [0.4, 0.5) is 5.69 Å². The number of anilines is 1. The first-order valence-electron chi connectivity index (χ1n) is 7.48. The molecule has 0 bridgehead atoms. The molecule has 0 atom stereocenters. The number of nitrogens with one attached hydrogen (secondary N) is 1. The molecule has 2 aromatic carbocycles. The van der Waals surface area contributed by atoms with Gasteiger partial charge in [0.1, 0.15) is 11.3 Å². The number of ether oxygens (including phenoxy) is 1. The molecule has 0 aliphatic rings. The van der Waals surface area contributed by atoms with Crippen LogP contribution < -0.4 is 15.5 Å². The minimum Gasteiger partial charge on any atom is -0.497 e. The first-order valence-corrected chi connectivity index (χ1v) is 7.48. The molecule has 0 unspecified atom stereocenters. The van der Waals surface area contributed by atoms with Gasteiger partial charge in [-0.25, -0.2) is 0 Å². The molecule has 1 heterocycles. The molecule has 1 amide bonds. The van der Waals surface area contributed by atoms with Crippen molar-refractivity contribution < 1.29 is 13.9 Å². The first kappa shape index (κ1) is 15.8. The number of carbonyl (C=O) groups is 1. The summed E-state index contributed by atoms with van der Waals surface area (Å²) in [5, 5.41) is 3.12. The smallest absolute Gasteiger partial charge is 0.291 e. The molecule has 0 aliphatic carbocycles. The van der Waals surface area contributed by atoms with Crippen molar-refractivity contribution >= 4 is 22.6 Å². The average Bonchev–Trinajstić information content (AvgIpc) is 2.57. The van der Waals surface area contributed by atoms with Gasteiger partial charge in [0.2, 0.25) is 0 Å². The van der Waals surface area contributed by atoms with Crippen molar-refractivity contribution in [1.82, 2.24) is 0 Å². The molecule has 0 aliphatic heterocycles.